The van der Waals surface area contributed by atoms with Crippen LogP contribution in [0.1, 0.15) is 284 Å². The highest BCUT2D eigenvalue weighted by Gasteiger charge is 2.20. The van der Waals surface area contributed by atoms with Gasteiger partial charge in [-0.1, -0.05) is 237 Å². The topological polar surface area (TPSA) is 95.9 Å². The van der Waals surface area contributed by atoms with Crippen molar-refractivity contribution in [1.82, 2.24) is 5.32 Å². The average Bonchev–Trinajstić information content (AvgIpc) is 3.25. The smallest absolute Gasteiger partial charge is 0.305 e. The summed E-state index contributed by atoms with van der Waals surface area (Å²) in [6, 6.07) is -0.562. The third-order valence-corrected chi connectivity index (χ3v) is 12.3. The number of hydrogen-bond donors (Lipinski definition) is 3. The number of carbonyl (C=O) groups is 2. The van der Waals surface area contributed by atoms with Crippen molar-refractivity contribution in [2.24, 2.45) is 0 Å². The summed E-state index contributed by atoms with van der Waals surface area (Å²) in [7, 11) is 0. The second-order valence-electron chi connectivity index (χ2n) is 18.2. The maximum atomic E-state index is 12.4. The van der Waals surface area contributed by atoms with E-state index in [0.29, 0.717) is 25.9 Å². The van der Waals surface area contributed by atoms with Crippen molar-refractivity contribution >= 4 is 11.9 Å². The molecule has 0 aromatic heterocycles. The Morgan fingerprint density at radius 1 is 0.467 bits per heavy atom. The van der Waals surface area contributed by atoms with E-state index in [0.717, 1.165) is 64.2 Å². The molecule has 0 spiro atoms. The lowest BCUT2D eigenvalue weighted by Crippen LogP contribution is -2.45. The first-order valence-corrected chi connectivity index (χ1v) is 26.6. The Bertz CT molecular complexity index is 935. The van der Waals surface area contributed by atoms with Gasteiger partial charge in [-0.2, -0.15) is 0 Å². The molecule has 0 saturated heterocycles. The Morgan fingerprint density at radius 3 is 1.30 bits per heavy atom. The van der Waals surface area contributed by atoms with Crippen molar-refractivity contribution in [2.75, 3.05) is 13.2 Å². The van der Waals surface area contributed by atoms with E-state index >= 15 is 0 Å². The lowest BCUT2D eigenvalue weighted by molar-refractivity contribution is -0.143. The SMILES string of the molecule is CCCCC/C=C\C/C=C\CCCCCCCCCCCC(=O)OCCCCCCCCCCCC(=O)NC(CO)C(O)CCCCCCCCCCCCCCCCC. The molecular weight excluding hydrogens is 743 g/mol. The van der Waals surface area contributed by atoms with Crippen LogP contribution in [0.4, 0.5) is 0 Å². The van der Waals surface area contributed by atoms with E-state index in [1.54, 1.807) is 0 Å². The Morgan fingerprint density at radius 2 is 0.833 bits per heavy atom. The fourth-order valence-corrected chi connectivity index (χ4v) is 8.14. The Hall–Kier alpha value is -1.66. The highest BCUT2D eigenvalue weighted by Crippen LogP contribution is 2.16. The molecule has 354 valence electrons. The molecule has 2 unspecified atom stereocenters. The second-order valence-corrected chi connectivity index (χ2v) is 18.2. The van der Waals surface area contributed by atoms with Crippen LogP contribution in [0.15, 0.2) is 24.3 Å². The number of rotatable bonds is 49. The number of esters is 1. The third-order valence-electron chi connectivity index (χ3n) is 12.3. The average molecular weight is 846 g/mol. The minimum Gasteiger partial charge on any atom is -0.466 e. The van der Waals surface area contributed by atoms with Crippen molar-refractivity contribution < 1.29 is 24.5 Å². The first-order chi connectivity index (χ1) is 29.5. The minimum atomic E-state index is -0.682. The van der Waals surface area contributed by atoms with E-state index in [2.05, 4.69) is 43.5 Å². The van der Waals surface area contributed by atoms with E-state index in [4.69, 9.17) is 4.74 Å². The molecule has 0 aliphatic rings. The summed E-state index contributed by atoms with van der Waals surface area (Å²) in [6.07, 6.45) is 58.6. The Labute approximate surface area is 373 Å². The number of carbonyl (C=O) groups excluding carboxylic acids is 2. The number of aliphatic hydroxyl groups excluding tert-OH is 2. The summed E-state index contributed by atoms with van der Waals surface area (Å²) in [4.78, 5) is 24.5. The maximum absolute atomic E-state index is 12.4. The van der Waals surface area contributed by atoms with Gasteiger partial charge in [-0.15, -0.1) is 0 Å². The zero-order valence-corrected chi connectivity index (χ0v) is 40.2. The molecule has 60 heavy (non-hydrogen) atoms. The number of aliphatic hydroxyl groups is 2. The molecule has 0 heterocycles. The molecule has 3 N–H and O–H groups in total. The molecule has 0 aliphatic heterocycles. The molecule has 0 aromatic rings. The molecular formula is C54H103NO5. The number of ether oxygens (including phenoxy) is 1. The van der Waals surface area contributed by atoms with Crippen molar-refractivity contribution in [3.8, 4) is 0 Å². The number of nitrogens with one attached hydrogen (secondary N) is 1. The molecule has 0 rings (SSSR count). The van der Waals surface area contributed by atoms with Crippen LogP contribution in [0.3, 0.4) is 0 Å². The summed E-state index contributed by atoms with van der Waals surface area (Å²) in [5.74, 6) is -0.0905. The number of unbranched alkanes of at least 4 members (excludes halogenated alkanes) is 34. The molecule has 0 bridgehead atoms. The lowest BCUT2D eigenvalue weighted by atomic mass is 10.0. The van der Waals surface area contributed by atoms with Crippen LogP contribution in [-0.2, 0) is 14.3 Å². The highest BCUT2D eigenvalue weighted by atomic mass is 16.5. The van der Waals surface area contributed by atoms with Gasteiger partial charge in [0, 0.05) is 12.8 Å². The van der Waals surface area contributed by atoms with Gasteiger partial charge in [-0.05, 0) is 57.8 Å². The van der Waals surface area contributed by atoms with Gasteiger partial charge in [-0.25, -0.2) is 0 Å². The summed E-state index contributed by atoms with van der Waals surface area (Å²) in [6.45, 7) is 4.87. The van der Waals surface area contributed by atoms with E-state index in [1.165, 1.54) is 186 Å². The zero-order valence-electron chi connectivity index (χ0n) is 40.2. The Balaban J connectivity index is 3.47. The van der Waals surface area contributed by atoms with Crippen molar-refractivity contribution in [3.05, 3.63) is 24.3 Å². The van der Waals surface area contributed by atoms with Crippen LogP contribution < -0.4 is 5.32 Å². The number of hydrogen-bond acceptors (Lipinski definition) is 5. The fraction of sp³-hybridized carbons (Fsp3) is 0.889. The first kappa shape index (κ1) is 58.3. The lowest BCUT2D eigenvalue weighted by Gasteiger charge is -2.22. The molecule has 6 nitrogen and oxygen atoms in total. The molecule has 1 amide bonds. The maximum Gasteiger partial charge on any atom is 0.305 e. The van der Waals surface area contributed by atoms with Gasteiger partial charge in [0.05, 0.1) is 25.4 Å². The van der Waals surface area contributed by atoms with Gasteiger partial charge >= 0.3 is 5.97 Å². The fourth-order valence-electron chi connectivity index (χ4n) is 8.14. The molecule has 0 fully saturated rings. The molecule has 6 heteroatoms. The molecule has 2 atom stereocenters. The Kier molecular flexibility index (Phi) is 48.6. The second kappa shape index (κ2) is 50.0. The van der Waals surface area contributed by atoms with Gasteiger partial charge < -0.3 is 20.3 Å². The molecule has 0 aliphatic carbocycles. The molecule has 0 radical (unpaired) electrons. The van der Waals surface area contributed by atoms with E-state index < -0.39 is 12.1 Å². The van der Waals surface area contributed by atoms with Gasteiger partial charge in [0.2, 0.25) is 5.91 Å². The summed E-state index contributed by atoms with van der Waals surface area (Å²) >= 11 is 0. The van der Waals surface area contributed by atoms with Gasteiger partial charge in [0.15, 0.2) is 0 Å². The van der Waals surface area contributed by atoms with Crippen LogP contribution in [0.5, 0.6) is 0 Å². The third kappa shape index (κ3) is 45.9. The summed E-state index contributed by atoms with van der Waals surface area (Å²) in [5, 5.41) is 23.2. The van der Waals surface area contributed by atoms with Gasteiger partial charge in [-0.3, -0.25) is 9.59 Å². The first-order valence-electron chi connectivity index (χ1n) is 26.6. The van der Waals surface area contributed by atoms with Crippen LogP contribution in [0.2, 0.25) is 0 Å². The normalized spacial score (nSPS) is 12.8. The predicted octanol–water partition coefficient (Wildman–Crippen LogP) is 15.9. The van der Waals surface area contributed by atoms with Gasteiger partial charge in [0.1, 0.15) is 0 Å². The van der Waals surface area contributed by atoms with Crippen LogP contribution in [-0.4, -0.2) is 47.4 Å². The van der Waals surface area contributed by atoms with Crippen molar-refractivity contribution in [2.45, 2.75) is 296 Å². The quantitative estimate of drug-likeness (QED) is 0.0322. The van der Waals surface area contributed by atoms with Crippen molar-refractivity contribution in [3.63, 3.8) is 0 Å². The molecule has 0 aromatic carbocycles. The molecule has 0 saturated carbocycles. The summed E-state index contributed by atoms with van der Waals surface area (Å²) < 4.78 is 5.46. The van der Waals surface area contributed by atoms with Crippen LogP contribution in [0, 0.1) is 0 Å². The highest BCUT2D eigenvalue weighted by molar-refractivity contribution is 5.76. The standard InChI is InChI=1S/C54H103NO5/c1-3-5-7-9-11-13-15-17-19-20-21-22-24-26-28-32-36-40-44-48-54(59)60-49-45-41-37-33-29-31-35-39-43-47-53(58)55-51(50-56)52(57)46-42-38-34-30-27-25-23-18-16-14-12-10-8-6-4-2/h11,13,17,19,51-52,56-57H,3-10,12,14-16,18,20-50H2,1-2H3,(H,55,58)/b13-11-,19-17-. The van der Waals surface area contributed by atoms with E-state index in [1.807, 2.05) is 0 Å². The van der Waals surface area contributed by atoms with E-state index in [9.17, 15) is 19.8 Å². The van der Waals surface area contributed by atoms with E-state index in [-0.39, 0.29) is 18.5 Å². The minimum absolute atomic E-state index is 0.0285. The van der Waals surface area contributed by atoms with Crippen molar-refractivity contribution in [1.29, 1.82) is 0 Å². The monoisotopic (exact) mass is 846 g/mol. The van der Waals surface area contributed by atoms with Gasteiger partial charge in [0.25, 0.3) is 0 Å². The number of allylic oxidation sites excluding steroid dienone is 4. The number of amides is 1. The van der Waals surface area contributed by atoms with Crippen LogP contribution >= 0.6 is 0 Å². The largest absolute Gasteiger partial charge is 0.466 e. The predicted molar refractivity (Wildman–Crippen MR) is 260 cm³/mol. The summed E-state index contributed by atoms with van der Waals surface area (Å²) in [5.41, 5.74) is 0. The zero-order chi connectivity index (χ0) is 43.7. The van der Waals surface area contributed by atoms with Crippen LogP contribution in [0.25, 0.3) is 0 Å².